The van der Waals surface area contributed by atoms with Crippen molar-refractivity contribution < 1.29 is 0 Å². The first-order valence-electron chi connectivity index (χ1n) is 4.89. The number of hydrogen-bond acceptors (Lipinski definition) is 3. The molecule has 1 aromatic rings. The smallest absolute Gasteiger partial charge is 0.131 e. The molecule has 3 nitrogen and oxygen atoms in total. The van der Waals surface area contributed by atoms with E-state index in [4.69, 9.17) is 5.26 Å². The molecule has 0 aliphatic heterocycles. The molecule has 0 aliphatic carbocycles. The van der Waals surface area contributed by atoms with E-state index in [2.05, 4.69) is 32.0 Å². The van der Waals surface area contributed by atoms with Crippen LogP contribution in [0, 0.1) is 18.3 Å². The highest BCUT2D eigenvalue weighted by molar-refractivity contribution is 9.09. The van der Waals surface area contributed by atoms with Gasteiger partial charge in [0.05, 0.1) is 17.7 Å². The number of aromatic nitrogens is 2. The van der Waals surface area contributed by atoms with Gasteiger partial charge < -0.3 is 0 Å². The van der Waals surface area contributed by atoms with Crippen LogP contribution in [0.1, 0.15) is 42.9 Å². The van der Waals surface area contributed by atoms with Gasteiger partial charge in [-0.3, -0.25) is 0 Å². The van der Waals surface area contributed by atoms with Crippen molar-refractivity contribution in [3.05, 3.63) is 23.3 Å². The molecular formula is C11H14BrN3. The van der Waals surface area contributed by atoms with E-state index in [1.165, 1.54) is 0 Å². The van der Waals surface area contributed by atoms with Crippen LogP contribution in [-0.4, -0.2) is 15.3 Å². The Labute approximate surface area is 98.7 Å². The van der Waals surface area contributed by atoms with E-state index in [0.717, 1.165) is 17.2 Å². The number of nitrogens with zero attached hydrogens (tertiary/aromatic N) is 3. The fourth-order valence-electron chi connectivity index (χ4n) is 1.23. The number of rotatable bonds is 3. The average molecular weight is 268 g/mol. The molecule has 1 aromatic heterocycles. The maximum atomic E-state index is 8.96. The minimum atomic E-state index is -0.191. The molecule has 1 heterocycles. The van der Waals surface area contributed by atoms with Gasteiger partial charge in [-0.15, -0.1) is 0 Å². The lowest BCUT2D eigenvalue weighted by Gasteiger charge is -2.10. The summed E-state index contributed by atoms with van der Waals surface area (Å²) in [6, 6.07) is 4.10. The van der Waals surface area contributed by atoms with Crippen LogP contribution in [0.2, 0.25) is 0 Å². The Morgan fingerprint density at radius 3 is 2.60 bits per heavy atom. The van der Waals surface area contributed by atoms with Gasteiger partial charge in [0.25, 0.3) is 0 Å². The Morgan fingerprint density at radius 2 is 2.13 bits per heavy atom. The number of nitriles is 1. The van der Waals surface area contributed by atoms with E-state index < -0.39 is 0 Å². The third-order valence-corrected chi connectivity index (χ3v) is 2.72. The van der Waals surface area contributed by atoms with Gasteiger partial charge in [-0.1, -0.05) is 29.8 Å². The number of aryl methyl sites for hydroxylation is 1. The van der Waals surface area contributed by atoms with Gasteiger partial charge in [0, 0.05) is 16.9 Å². The van der Waals surface area contributed by atoms with Crippen LogP contribution < -0.4 is 0 Å². The SMILES string of the molecule is Cc1cc(C(C#N)CBr)nc(C(C)C)n1. The summed E-state index contributed by atoms with van der Waals surface area (Å²) in [7, 11) is 0. The highest BCUT2D eigenvalue weighted by Crippen LogP contribution is 2.18. The van der Waals surface area contributed by atoms with Gasteiger partial charge in [-0.2, -0.15) is 5.26 Å². The largest absolute Gasteiger partial charge is 0.238 e. The maximum absolute atomic E-state index is 8.96. The molecule has 1 rings (SSSR count). The molecule has 0 saturated carbocycles. The quantitative estimate of drug-likeness (QED) is 0.792. The monoisotopic (exact) mass is 267 g/mol. The van der Waals surface area contributed by atoms with Crippen molar-refractivity contribution in [2.75, 3.05) is 5.33 Å². The van der Waals surface area contributed by atoms with Crippen LogP contribution in [0.4, 0.5) is 0 Å². The highest BCUT2D eigenvalue weighted by atomic mass is 79.9. The van der Waals surface area contributed by atoms with Gasteiger partial charge in [0.15, 0.2) is 0 Å². The molecule has 0 radical (unpaired) electrons. The molecule has 4 heteroatoms. The Bertz CT molecular complexity index is 382. The molecule has 0 aliphatic rings. The second kappa shape index (κ2) is 5.22. The minimum Gasteiger partial charge on any atom is -0.238 e. The lowest BCUT2D eigenvalue weighted by atomic mass is 10.1. The summed E-state index contributed by atoms with van der Waals surface area (Å²) in [6.07, 6.45) is 0. The molecule has 0 spiro atoms. The zero-order chi connectivity index (χ0) is 11.4. The molecule has 0 saturated heterocycles. The molecule has 0 N–H and O–H groups in total. The predicted octanol–water partition coefficient (Wildman–Crippen LogP) is 2.91. The van der Waals surface area contributed by atoms with E-state index in [0.29, 0.717) is 11.2 Å². The van der Waals surface area contributed by atoms with Crippen LogP contribution >= 0.6 is 15.9 Å². The van der Waals surface area contributed by atoms with E-state index in [9.17, 15) is 0 Å². The first-order valence-corrected chi connectivity index (χ1v) is 6.01. The zero-order valence-electron chi connectivity index (χ0n) is 9.16. The fourth-order valence-corrected chi connectivity index (χ4v) is 1.71. The standard InChI is InChI=1S/C11H14BrN3/c1-7(2)11-14-8(3)4-10(15-11)9(5-12)6-13/h4,7,9H,5H2,1-3H3. The van der Waals surface area contributed by atoms with Gasteiger partial charge in [0.1, 0.15) is 5.82 Å². The Hall–Kier alpha value is -0.950. The van der Waals surface area contributed by atoms with Crippen LogP contribution in [0.3, 0.4) is 0 Å². The number of hydrogen-bond donors (Lipinski definition) is 0. The summed E-state index contributed by atoms with van der Waals surface area (Å²) in [6.45, 7) is 6.03. The third kappa shape index (κ3) is 3.00. The van der Waals surface area contributed by atoms with Crippen molar-refractivity contribution in [2.24, 2.45) is 0 Å². The maximum Gasteiger partial charge on any atom is 0.131 e. The summed E-state index contributed by atoms with van der Waals surface area (Å²) < 4.78 is 0. The molecule has 0 aromatic carbocycles. The highest BCUT2D eigenvalue weighted by Gasteiger charge is 2.13. The Kier molecular flexibility index (Phi) is 4.22. The lowest BCUT2D eigenvalue weighted by Crippen LogP contribution is -2.07. The van der Waals surface area contributed by atoms with Crippen LogP contribution in [0.15, 0.2) is 6.07 Å². The second-order valence-corrected chi connectivity index (χ2v) is 4.43. The van der Waals surface area contributed by atoms with Gasteiger partial charge in [0.2, 0.25) is 0 Å². The zero-order valence-corrected chi connectivity index (χ0v) is 10.7. The molecule has 1 unspecified atom stereocenters. The first-order chi connectivity index (χ1) is 7.08. The van der Waals surface area contributed by atoms with E-state index in [-0.39, 0.29) is 5.92 Å². The average Bonchev–Trinajstić information content (AvgIpc) is 2.18. The number of halogens is 1. The van der Waals surface area contributed by atoms with Crippen molar-refractivity contribution in [2.45, 2.75) is 32.6 Å². The van der Waals surface area contributed by atoms with E-state index >= 15 is 0 Å². The van der Waals surface area contributed by atoms with Gasteiger partial charge >= 0.3 is 0 Å². The molecular weight excluding hydrogens is 254 g/mol. The summed E-state index contributed by atoms with van der Waals surface area (Å²) in [5.74, 6) is 0.911. The van der Waals surface area contributed by atoms with Crippen LogP contribution in [0.5, 0.6) is 0 Å². The topological polar surface area (TPSA) is 49.6 Å². The molecule has 0 fully saturated rings. The summed E-state index contributed by atoms with van der Waals surface area (Å²) in [4.78, 5) is 8.76. The first kappa shape index (κ1) is 12.1. The molecule has 80 valence electrons. The van der Waals surface area contributed by atoms with Gasteiger partial charge in [-0.05, 0) is 13.0 Å². The second-order valence-electron chi connectivity index (χ2n) is 3.78. The van der Waals surface area contributed by atoms with Crippen molar-refractivity contribution in [1.82, 2.24) is 9.97 Å². The molecule has 0 bridgehead atoms. The van der Waals surface area contributed by atoms with Crippen molar-refractivity contribution in [1.29, 1.82) is 5.26 Å². The van der Waals surface area contributed by atoms with Crippen molar-refractivity contribution in [3.8, 4) is 6.07 Å². The third-order valence-electron chi connectivity index (χ3n) is 2.07. The molecule has 0 amide bonds. The van der Waals surface area contributed by atoms with E-state index in [1.807, 2.05) is 26.8 Å². The summed E-state index contributed by atoms with van der Waals surface area (Å²) >= 11 is 3.32. The molecule has 1 atom stereocenters. The van der Waals surface area contributed by atoms with Crippen LogP contribution in [0.25, 0.3) is 0 Å². The summed E-state index contributed by atoms with van der Waals surface area (Å²) in [5.41, 5.74) is 1.73. The Balaban J connectivity index is 3.14. The molecule has 15 heavy (non-hydrogen) atoms. The van der Waals surface area contributed by atoms with Crippen molar-refractivity contribution in [3.63, 3.8) is 0 Å². The van der Waals surface area contributed by atoms with Crippen molar-refractivity contribution >= 4 is 15.9 Å². The Morgan fingerprint density at radius 1 is 1.47 bits per heavy atom. The predicted molar refractivity (Wildman–Crippen MR) is 63.0 cm³/mol. The number of alkyl halides is 1. The normalized spacial score (nSPS) is 12.5. The summed E-state index contributed by atoms with van der Waals surface area (Å²) in [5, 5.41) is 9.57. The van der Waals surface area contributed by atoms with Crippen LogP contribution in [-0.2, 0) is 0 Å². The lowest BCUT2D eigenvalue weighted by molar-refractivity contribution is 0.742. The van der Waals surface area contributed by atoms with Gasteiger partial charge in [-0.25, -0.2) is 9.97 Å². The van der Waals surface area contributed by atoms with E-state index in [1.54, 1.807) is 0 Å². The fraction of sp³-hybridized carbons (Fsp3) is 0.545. The minimum absolute atomic E-state index is 0.191.